The van der Waals surface area contributed by atoms with Gasteiger partial charge in [-0.05, 0) is 59.6 Å². The van der Waals surface area contributed by atoms with Gasteiger partial charge >= 0.3 is 0 Å². The van der Waals surface area contributed by atoms with E-state index in [2.05, 4.69) is 109 Å². The van der Waals surface area contributed by atoms with E-state index in [0.717, 1.165) is 45.4 Å². The van der Waals surface area contributed by atoms with E-state index in [0.29, 0.717) is 0 Å². The van der Waals surface area contributed by atoms with Crippen molar-refractivity contribution in [3.05, 3.63) is 101 Å². The van der Waals surface area contributed by atoms with Crippen LogP contribution in [0, 0.1) is 5.92 Å². The Morgan fingerprint density at radius 3 is 2.06 bits per heavy atom. The van der Waals surface area contributed by atoms with Gasteiger partial charge in [-0.15, -0.1) is 0 Å². The van der Waals surface area contributed by atoms with Crippen LogP contribution in [0.25, 0.3) is 0 Å². The molecule has 3 heteroatoms. The van der Waals surface area contributed by atoms with Crippen molar-refractivity contribution in [3.8, 4) is 0 Å². The molecule has 178 valence electrons. The fourth-order valence-electron chi connectivity index (χ4n) is 5.09. The Bertz CT molecular complexity index is 1050. The lowest BCUT2D eigenvalue weighted by molar-refractivity contribution is -0.134. The second kappa shape index (κ2) is 11.4. The summed E-state index contributed by atoms with van der Waals surface area (Å²) in [5, 5.41) is 0. The Morgan fingerprint density at radius 1 is 0.765 bits per heavy atom. The summed E-state index contributed by atoms with van der Waals surface area (Å²) in [7, 11) is 0. The van der Waals surface area contributed by atoms with Crippen LogP contribution in [-0.2, 0) is 24.1 Å². The molecule has 0 saturated carbocycles. The summed E-state index contributed by atoms with van der Waals surface area (Å²) in [5.74, 6) is 0.440. The molecule has 4 rings (SSSR count). The van der Waals surface area contributed by atoms with Crippen molar-refractivity contribution in [2.24, 2.45) is 5.92 Å². The molecule has 0 radical (unpaired) electrons. The standard InChI is InChI=1S/C31H38N2O/c1-4-25-15-18-28(19-16-25)32-20-22-33(23-21-32)31(34)30(24(2)3)29-13-9-8-12-27(29)17-14-26-10-6-5-7-11-26/h5-13,15-16,18-19,24,30H,4,14,17,20-23H2,1-3H3. The molecule has 1 unspecified atom stereocenters. The Morgan fingerprint density at radius 2 is 1.41 bits per heavy atom. The molecular weight excluding hydrogens is 416 g/mol. The molecule has 1 aliphatic rings. The zero-order valence-electron chi connectivity index (χ0n) is 20.9. The third kappa shape index (κ3) is 5.70. The van der Waals surface area contributed by atoms with Crippen molar-refractivity contribution in [2.75, 3.05) is 31.1 Å². The van der Waals surface area contributed by atoms with Gasteiger partial charge in [0, 0.05) is 31.9 Å². The number of anilines is 1. The number of hydrogen-bond acceptors (Lipinski definition) is 2. The molecule has 0 aliphatic carbocycles. The number of piperazine rings is 1. The van der Waals surface area contributed by atoms with Crippen LogP contribution in [0.3, 0.4) is 0 Å². The zero-order chi connectivity index (χ0) is 23.9. The lowest BCUT2D eigenvalue weighted by atomic mass is 9.83. The summed E-state index contributed by atoms with van der Waals surface area (Å²) in [4.78, 5) is 18.3. The minimum atomic E-state index is -0.0950. The Hall–Kier alpha value is -3.07. The summed E-state index contributed by atoms with van der Waals surface area (Å²) in [6, 6.07) is 28.1. The second-order valence-corrected chi connectivity index (χ2v) is 9.74. The molecule has 0 aromatic heterocycles. The van der Waals surface area contributed by atoms with E-state index >= 15 is 0 Å². The van der Waals surface area contributed by atoms with Gasteiger partial charge in [0.05, 0.1) is 5.92 Å². The van der Waals surface area contributed by atoms with E-state index in [1.54, 1.807) is 0 Å². The van der Waals surface area contributed by atoms with Crippen LogP contribution in [0.1, 0.15) is 48.9 Å². The molecule has 1 saturated heterocycles. The van der Waals surface area contributed by atoms with E-state index in [1.165, 1.54) is 27.9 Å². The predicted molar refractivity (Wildman–Crippen MR) is 142 cm³/mol. The van der Waals surface area contributed by atoms with Crippen LogP contribution in [0.15, 0.2) is 78.9 Å². The minimum absolute atomic E-state index is 0.0950. The average Bonchev–Trinajstić information content (AvgIpc) is 2.89. The van der Waals surface area contributed by atoms with E-state index in [1.807, 2.05) is 0 Å². The summed E-state index contributed by atoms with van der Waals surface area (Å²) in [6.45, 7) is 9.89. The van der Waals surface area contributed by atoms with Crippen LogP contribution in [0.2, 0.25) is 0 Å². The van der Waals surface area contributed by atoms with E-state index < -0.39 is 0 Å². The molecule has 3 aromatic rings. The molecule has 34 heavy (non-hydrogen) atoms. The second-order valence-electron chi connectivity index (χ2n) is 9.74. The molecule has 1 heterocycles. The van der Waals surface area contributed by atoms with Crippen LogP contribution in [0.4, 0.5) is 5.69 Å². The number of benzene rings is 3. The van der Waals surface area contributed by atoms with Gasteiger partial charge in [0.1, 0.15) is 0 Å². The molecule has 1 atom stereocenters. The van der Waals surface area contributed by atoms with Gasteiger partial charge in [0.25, 0.3) is 0 Å². The van der Waals surface area contributed by atoms with Gasteiger partial charge in [-0.3, -0.25) is 4.79 Å². The highest BCUT2D eigenvalue weighted by Crippen LogP contribution is 2.31. The summed E-state index contributed by atoms with van der Waals surface area (Å²) < 4.78 is 0. The molecular formula is C31H38N2O. The van der Waals surface area contributed by atoms with Crippen molar-refractivity contribution in [2.45, 2.75) is 46.0 Å². The highest BCUT2D eigenvalue weighted by molar-refractivity contribution is 5.84. The average molecular weight is 455 g/mol. The van der Waals surface area contributed by atoms with E-state index in [-0.39, 0.29) is 17.7 Å². The molecule has 3 nitrogen and oxygen atoms in total. The maximum absolute atomic E-state index is 13.8. The van der Waals surface area contributed by atoms with Gasteiger partial charge in [-0.1, -0.05) is 87.5 Å². The van der Waals surface area contributed by atoms with E-state index in [9.17, 15) is 4.79 Å². The van der Waals surface area contributed by atoms with Crippen LogP contribution >= 0.6 is 0 Å². The third-order valence-electron chi connectivity index (χ3n) is 7.15. The minimum Gasteiger partial charge on any atom is -0.368 e. The molecule has 0 spiro atoms. The van der Waals surface area contributed by atoms with Gasteiger partial charge < -0.3 is 9.80 Å². The summed E-state index contributed by atoms with van der Waals surface area (Å²) in [6.07, 6.45) is 3.01. The monoisotopic (exact) mass is 454 g/mol. The normalized spacial score (nSPS) is 14.9. The van der Waals surface area contributed by atoms with Crippen molar-refractivity contribution in [1.82, 2.24) is 4.90 Å². The summed E-state index contributed by atoms with van der Waals surface area (Å²) in [5.41, 5.74) is 6.47. The smallest absolute Gasteiger partial charge is 0.230 e. The number of hydrogen-bond donors (Lipinski definition) is 0. The van der Waals surface area contributed by atoms with Gasteiger partial charge in [-0.25, -0.2) is 0 Å². The van der Waals surface area contributed by atoms with Gasteiger partial charge in [0.15, 0.2) is 0 Å². The van der Waals surface area contributed by atoms with Gasteiger partial charge in [-0.2, -0.15) is 0 Å². The number of rotatable bonds is 8. The van der Waals surface area contributed by atoms with Crippen molar-refractivity contribution >= 4 is 11.6 Å². The number of carbonyl (C=O) groups is 1. The Kier molecular flexibility index (Phi) is 8.05. The number of amides is 1. The number of nitrogens with zero attached hydrogens (tertiary/aromatic N) is 2. The molecule has 0 bridgehead atoms. The van der Waals surface area contributed by atoms with Crippen molar-refractivity contribution < 1.29 is 4.79 Å². The zero-order valence-corrected chi connectivity index (χ0v) is 20.9. The highest BCUT2D eigenvalue weighted by Gasteiger charge is 2.32. The topological polar surface area (TPSA) is 23.6 Å². The van der Waals surface area contributed by atoms with Crippen molar-refractivity contribution in [1.29, 1.82) is 0 Å². The largest absolute Gasteiger partial charge is 0.368 e. The van der Waals surface area contributed by atoms with Crippen LogP contribution in [-0.4, -0.2) is 37.0 Å². The quantitative estimate of drug-likeness (QED) is 0.409. The maximum atomic E-state index is 13.8. The lowest BCUT2D eigenvalue weighted by Crippen LogP contribution is -2.50. The maximum Gasteiger partial charge on any atom is 0.230 e. The van der Waals surface area contributed by atoms with Gasteiger partial charge in [0.2, 0.25) is 5.91 Å². The molecule has 0 N–H and O–H groups in total. The van der Waals surface area contributed by atoms with Crippen LogP contribution < -0.4 is 4.90 Å². The first kappa shape index (κ1) is 24.1. The van der Waals surface area contributed by atoms with Crippen LogP contribution in [0.5, 0.6) is 0 Å². The highest BCUT2D eigenvalue weighted by atomic mass is 16.2. The molecule has 1 amide bonds. The fraction of sp³-hybridized carbons (Fsp3) is 0.387. The lowest BCUT2D eigenvalue weighted by Gasteiger charge is -2.38. The molecule has 1 aliphatic heterocycles. The molecule has 3 aromatic carbocycles. The Balaban J connectivity index is 1.45. The number of aryl methyl sites for hydroxylation is 3. The first-order valence-corrected chi connectivity index (χ1v) is 12.8. The third-order valence-corrected chi connectivity index (χ3v) is 7.15. The Labute approximate surface area is 205 Å². The number of carbonyl (C=O) groups excluding carboxylic acids is 1. The first-order valence-electron chi connectivity index (χ1n) is 12.8. The molecule has 1 fully saturated rings. The summed E-state index contributed by atoms with van der Waals surface area (Å²) >= 11 is 0. The van der Waals surface area contributed by atoms with Crippen molar-refractivity contribution in [3.63, 3.8) is 0 Å². The van der Waals surface area contributed by atoms with E-state index in [4.69, 9.17) is 0 Å². The SMILES string of the molecule is CCc1ccc(N2CCN(C(=O)C(c3ccccc3CCc3ccccc3)C(C)C)CC2)cc1. The first-order chi connectivity index (χ1) is 16.6. The predicted octanol–water partition coefficient (Wildman–Crippen LogP) is 6.12. The fourth-order valence-corrected chi connectivity index (χ4v) is 5.09.